The zero-order valence-corrected chi connectivity index (χ0v) is 11.1. The Hall–Kier alpha value is -1.71. The molecular weight excluding hydrogens is 321 g/mol. The van der Waals surface area contributed by atoms with Crippen molar-refractivity contribution in [3.63, 3.8) is 0 Å². The predicted octanol–water partition coefficient (Wildman–Crippen LogP) is 1.90. The SMILES string of the molecule is O=C1CC(CS(=O)(=O)F)CN1c1c(F)c(F)cc(F)c1F. The van der Waals surface area contributed by atoms with E-state index in [1.54, 1.807) is 0 Å². The second-order valence-corrected chi connectivity index (χ2v) is 6.01. The van der Waals surface area contributed by atoms with Gasteiger partial charge >= 0.3 is 10.2 Å². The summed E-state index contributed by atoms with van der Waals surface area (Å²) >= 11 is 0. The summed E-state index contributed by atoms with van der Waals surface area (Å²) in [6.07, 6.45) is -0.500. The largest absolute Gasteiger partial charge is 0.307 e. The van der Waals surface area contributed by atoms with Crippen LogP contribution in [-0.4, -0.2) is 26.6 Å². The molecule has 0 radical (unpaired) electrons. The highest BCUT2D eigenvalue weighted by atomic mass is 32.3. The van der Waals surface area contributed by atoms with E-state index in [1.807, 2.05) is 0 Å². The average Bonchev–Trinajstić information content (AvgIpc) is 2.66. The minimum atomic E-state index is -4.89. The van der Waals surface area contributed by atoms with E-state index in [2.05, 4.69) is 0 Å². The number of hydrogen-bond acceptors (Lipinski definition) is 3. The molecule has 0 spiro atoms. The van der Waals surface area contributed by atoms with Crippen LogP contribution in [0.5, 0.6) is 0 Å². The van der Waals surface area contributed by atoms with Crippen LogP contribution < -0.4 is 4.90 Å². The molecule has 1 heterocycles. The first-order valence-corrected chi connectivity index (χ1v) is 7.21. The zero-order valence-electron chi connectivity index (χ0n) is 10.2. The third kappa shape index (κ3) is 3.14. The first kappa shape index (κ1) is 15.7. The molecule has 0 N–H and O–H groups in total. The number of halogens is 5. The summed E-state index contributed by atoms with van der Waals surface area (Å²) in [5.74, 6) is -9.96. The Bertz CT molecular complexity index is 680. The molecule has 1 aliphatic rings. The monoisotopic (exact) mass is 329 g/mol. The second kappa shape index (κ2) is 5.24. The minimum absolute atomic E-state index is 0.0157. The van der Waals surface area contributed by atoms with Gasteiger partial charge in [-0.3, -0.25) is 4.79 Å². The molecule has 0 aromatic heterocycles. The van der Waals surface area contributed by atoms with Crippen molar-refractivity contribution in [1.82, 2.24) is 0 Å². The summed E-state index contributed by atoms with van der Waals surface area (Å²) in [4.78, 5) is 12.0. The fraction of sp³-hybridized carbons (Fsp3) is 0.364. The van der Waals surface area contributed by atoms with Gasteiger partial charge in [0, 0.05) is 24.9 Å². The lowest BCUT2D eigenvalue weighted by Gasteiger charge is -2.18. The van der Waals surface area contributed by atoms with Crippen LogP contribution in [0.3, 0.4) is 0 Å². The third-order valence-corrected chi connectivity index (χ3v) is 3.87. The van der Waals surface area contributed by atoms with Crippen LogP contribution in [0.25, 0.3) is 0 Å². The van der Waals surface area contributed by atoms with Gasteiger partial charge in [-0.15, -0.1) is 3.89 Å². The van der Waals surface area contributed by atoms with Crippen LogP contribution in [0.4, 0.5) is 27.1 Å². The van der Waals surface area contributed by atoms with Gasteiger partial charge in [0.1, 0.15) is 5.69 Å². The van der Waals surface area contributed by atoms with Gasteiger partial charge in [-0.2, -0.15) is 8.42 Å². The van der Waals surface area contributed by atoms with E-state index < -0.39 is 69.7 Å². The molecule has 1 unspecified atom stereocenters. The molecule has 1 aromatic carbocycles. The van der Waals surface area contributed by atoms with Gasteiger partial charge in [-0.25, -0.2) is 17.6 Å². The standard InChI is InChI=1S/C11H8F5NO3S/c12-6-2-7(13)10(15)11(9(6)14)17-3-5(1-8(17)18)4-21(16,19)20/h2,5H,1,3-4H2. The molecule has 1 fully saturated rings. The van der Waals surface area contributed by atoms with Crippen molar-refractivity contribution in [3.8, 4) is 0 Å². The molecule has 0 saturated carbocycles. The number of benzene rings is 1. The van der Waals surface area contributed by atoms with E-state index in [0.717, 1.165) is 0 Å². The molecule has 21 heavy (non-hydrogen) atoms. The van der Waals surface area contributed by atoms with Crippen LogP contribution in [0.2, 0.25) is 0 Å². The Labute approximate surface area is 116 Å². The fourth-order valence-corrected chi connectivity index (χ4v) is 2.97. The zero-order chi connectivity index (χ0) is 15.9. The number of hydrogen-bond donors (Lipinski definition) is 0. The Kier molecular flexibility index (Phi) is 3.91. The maximum Gasteiger partial charge on any atom is 0.302 e. The van der Waals surface area contributed by atoms with Crippen molar-refractivity contribution in [2.75, 3.05) is 17.2 Å². The van der Waals surface area contributed by atoms with E-state index in [-0.39, 0.29) is 6.07 Å². The maximum absolute atomic E-state index is 13.6. The fourth-order valence-electron chi connectivity index (χ4n) is 2.19. The van der Waals surface area contributed by atoms with E-state index in [4.69, 9.17) is 0 Å². The Balaban J connectivity index is 2.38. The summed E-state index contributed by atoms with van der Waals surface area (Å²) in [6.45, 7) is -0.557. The third-order valence-electron chi connectivity index (χ3n) is 3.00. The summed E-state index contributed by atoms with van der Waals surface area (Å²) in [6, 6.07) is -0.0157. The molecule has 0 bridgehead atoms. The summed E-state index contributed by atoms with van der Waals surface area (Å²) in [5.41, 5.74) is -1.24. The molecule has 1 aliphatic heterocycles. The molecule has 1 amide bonds. The number of anilines is 1. The summed E-state index contributed by atoms with van der Waals surface area (Å²) in [7, 11) is -4.89. The number of carbonyl (C=O) groups excluding carboxylic acids is 1. The van der Waals surface area contributed by atoms with E-state index in [0.29, 0.717) is 4.90 Å². The lowest BCUT2D eigenvalue weighted by molar-refractivity contribution is -0.117. The highest BCUT2D eigenvalue weighted by Crippen LogP contribution is 2.33. The Morgan fingerprint density at radius 3 is 2.14 bits per heavy atom. The minimum Gasteiger partial charge on any atom is -0.307 e. The normalized spacial score (nSPS) is 19.4. The van der Waals surface area contributed by atoms with Gasteiger partial charge in [-0.1, -0.05) is 0 Å². The first-order valence-electron chi connectivity index (χ1n) is 5.66. The molecule has 1 saturated heterocycles. The molecule has 4 nitrogen and oxygen atoms in total. The van der Waals surface area contributed by atoms with Gasteiger partial charge < -0.3 is 4.90 Å². The van der Waals surface area contributed by atoms with Crippen LogP contribution in [0.15, 0.2) is 6.07 Å². The van der Waals surface area contributed by atoms with Crippen molar-refractivity contribution < 1.29 is 34.7 Å². The Morgan fingerprint density at radius 2 is 1.67 bits per heavy atom. The van der Waals surface area contributed by atoms with Gasteiger partial charge in [-0.05, 0) is 0 Å². The van der Waals surface area contributed by atoms with Crippen LogP contribution in [0, 0.1) is 29.2 Å². The van der Waals surface area contributed by atoms with Gasteiger partial charge in [0.15, 0.2) is 23.3 Å². The topological polar surface area (TPSA) is 54.5 Å². The molecular formula is C11H8F5NO3S. The lowest BCUT2D eigenvalue weighted by atomic mass is 10.1. The van der Waals surface area contributed by atoms with Gasteiger partial charge in [0.05, 0.1) is 5.75 Å². The summed E-state index contributed by atoms with van der Waals surface area (Å²) in [5, 5.41) is 0. The van der Waals surface area contributed by atoms with E-state index >= 15 is 0 Å². The number of nitrogens with zero attached hydrogens (tertiary/aromatic N) is 1. The van der Waals surface area contributed by atoms with Crippen molar-refractivity contribution >= 4 is 21.8 Å². The summed E-state index contributed by atoms with van der Waals surface area (Å²) < 4.78 is 86.9. The molecule has 116 valence electrons. The van der Waals surface area contributed by atoms with Gasteiger partial charge in [0.25, 0.3) is 0 Å². The van der Waals surface area contributed by atoms with E-state index in [9.17, 15) is 34.7 Å². The number of amides is 1. The average molecular weight is 329 g/mol. The van der Waals surface area contributed by atoms with Crippen molar-refractivity contribution in [2.45, 2.75) is 6.42 Å². The highest BCUT2D eigenvalue weighted by Gasteiger charge is 2.37. The Morgan fingerprint density at radius 1 is 1.14 bits per heavy atom. The van der Waals surface area contributed by atoms with Crippen molar-refractivity contribution in [1.29, 1.82) is 0 Å². The lowest BCUT2D eigenvalue weighted by Crippen LogP contribution is -2.28. The van der Waals surface area contributed by atoms with Crippen LogP contribution >= 0.6 is 0 Å². The van der Waals surface area contributed by atoms with Crippen molar-refractivity contribution in [3.05, 3.63) is 29.3 Å². The quantitative estimate of drug-likeness (QED) is 0.483. The number of carbonyl (C=O) groups is 1. The smallest absolute Gasteiger partial charge is 0.302 e. The highest BCUT2D eigenvalue weighted by molar-refractivity contribution is 7.86. The van der Waals surface area contributed by atoms with Gasteiger partial charge in [0.2, 0.25) is 5.91 Å². The molecule has 10 heteroatoms. The van der Waals surface area contributed by atoms with Crippen LogP contribution in [0.1, 0.15) is 6.42 Å². The molecule has 0 aliphatic carbocycles. The number of rotatable bonds is 3. The molecule has 2 rings (SSSR count). The van der Waals surface area contributed by atoms with Crippen molar-refractivity contribution in [2.24, 2.45) is 5.92 Å². The second-order valence-electron chi connectivity index (χ2n) is 4.60. The predicted molar refractivity (Wildman–Crippen MR) is 61.6 cm³/mol. The molecule has 1 atom stereocenters. The molecule has 1 aromatic rings. The first-order chi connectivity index (χ1) is 9.60. The maximum atomic E-state index is 13.6. The van der Waals surface area contributed by atoms with E-state index in [1.165, 1.54) is 0 Å². The van der Waals surface area contributed by atoms with Crippen LogP contribution in [-0.2, 0) is 15.0 Å².